The quantitative estimate of drug-likeness (QED) is 0.651. The molecule has 5 rings (SSSR count). The van der Waals surface area contributed by atoms with E-state index in [0.717, 1.165) is 30.0 Å². The summed E-state index contributed by atoms with van der Waals surface area (Å²) in [6.45, 7) is 2.08. The molecule has 1 saturated heterocycles. The van der Waals surface area contributed by atoms with Crippen LogP contribution < -0.4 is 4.90 Å². The number of pyridine rings is 1. The van der Waals surface area contributed by atoms with Crippen molar-refractivity contribution in [3.63, 3.8) is 0 Å². The van der Waals surface area contributed by atoms with Crippen LogP contribution in [0.25, 0.3) is 22.8 Å². The molecule has 0 bridgehead atoms. The van der Waals surface area contributed by atoms with Crippen LogP contribution in [-0.4, -0.2) is 28.2 Å². The van der Waals surface area contributed by atoms with Crippen LogP contribution in [-0.2, 0) is 0 Å². The van der Waals surface area contributed by atoms with Crippen LogP contribution in [0.3, 0.4) is 0 Å². The molecule has 27 heavy (non-hydrogen) atoms. The lowest BCUT2D eigenvalue weighted by atomic mass is 9.84. The van der Waals surface area contributed by atoms with E-state index < -0.39 is 0 Å². The predicted octanol–water partition coefficient (Wildman–Crippen LogP) is 5.06. The minimum absolute atomic E-state index is 0.568. The number of benzene rings is 1. The molecule has 3 aromatic rings. The minimum atomic E-state index is 0.568. The highest BCUT2D eigenvalue weighted by Gasteiger charge is 2.22. The fourth-order valence-corrected chi connectivity index (χ4v) is 4.14. The Morgan fingerprint density at radius 3 is 2.48 bits per heavy atom. The summed E-state index contributed by atoms with van der Waals surface area (Å²) in [4.78, 5) is 11.4. The summed E-state index contributed by atoms with van der Waals surface area (Å²) in [5.41, 5.74) is 3.35. The molecule has 138 valence electrons. The second kappa shape index (κ2) is 7.14. The van der Waals surface area contributed by atoms with Crippen molar-refractivity contribution in [3.05, 3.63) is 48.2 Å². The van der Waals surface area contributed by atoms with Gasteiger partial charge in [-0.05, 0) is 55.0 Å². The first kappa shape index (κ1) is 16.5. The largest absolute Gasteiger partial charge is 0.356 e. The van der Waals surface area contributed by atoms with Crippen molar-refractivity contribution in [1.29, 1.82) is 0 Å². The summed E-state index contributed by atoms with van der Waals surface area (Å²) < 4.78 is 5.57. The van der Waals surface area contributed by atoms with Gasteiger partial charge in [0.2, 0.25) is 5.82 Å². The predicted molar refractivity (Wildman–Crippen MR) is 106 cm³/mol. The summed E-state index contributed by atoms with van der Waals surface area (Å²) in [6, 6.07) is 12.6. The van der Waals surface area contributed by atoms with Crippen LogP contribution in [0.4, 0.5) is 5.82 Å². The molecule has 2 aromatic heterocycles. The van der Waals surface area contributed by atoms with Gasteiger partial charge in [-0.3, -0.25) is 0 Å². The van der Waals surface area contributed by atoms with Gasteiger partial charge in [-0.25, -0.2) is 4.98 Å². The molecule has 2 fully saturated rings. The molecule has 0 N–H and O–H groups in total. The van der Waals surface area contributed by atoms with Crippen molar-refractivity contribution in [2.75, 3.05) is 18.0 Å². The molecule has 5 nitrogen and oxygen atoms in total. The summed E-state index contributed by atoms with van der Waals surface area (Å²) in [6.07, 6.45) is 9.73. The van der Waals surface area contributed by atoms with Crippen molar-refractivity contribution in [3.8, 4) is 22.8 Å². The highest BCUT2D eigenvalue weighted by atomic mass is 16.5. The normalized spacial score (nSPS) is 17.7. The van der Waals surface area contributed by atoms with Gasteiger partial charge in [-0.2, -0.15) is 4.98 Å². The van der Waals surface area contributed by atoms with E-state index >= 15 is 0 Å². The average molecular weight is 360 g/mol. The molecule has 0 unspecified atom stereocenters. The first-order chi connectivity index (χ1) is 13.4. The topological polar surface area (TPSA) is 55.1 Å². The molecule has 3 heterocycles. The zero-order valence-electron chi connectivity index (χ0n) is 15.5. The zero-order chi connectivity index (χ0) is 18.1. The van der Waals surface area contributed by atoms with Gasteiger partial charge in [-0.1, -0.05) is 36.6 Å². The maximum Gasteiger partial charge on any atom is 0.258 e. The Kier molecular flexibility index (Phi) is 4.36. The molecule has 0 radical (unpaired) electrons. The Morgan fingerprint density at radius 2 is 1.74 bits per heavy atom. The van der Waals surface area contributed by atoms with Crippen molar-refractivity contribution in [1.82, 2.24) is 15.1 Å². The molecule has 1 aliphatic heterocycles. The number of hydrogen-bond acceptors (Lipinski definition) is 5. The summed E-state index contributed by atoms with van der Waals surface area (Å²) in [5.74, 6) is 2.83. The minimum Gasteiger partial charge on any atom is -0.356 e. The van der Waals surface area contributed by atoms with E-state index in [1.165, 1.54) is 44.1 Å². The van der Waals surface area contributed by atoms with Gasteiger partial charge in [0, 0.05) is 24.8 Å². The molecule has 1 aliphatic carbocycles. The molecule has 5 heteroatoms. The highest BCUT2D eigenvalue weighted by Crippen LogP contribution is 2.34. The van der Waals surface area contributed by atoms with E-state index in [0.29, 0.717) is 17.6 Å². The monoisotopic (exact) mass is 360 g/mol. The summed E-state index contributed by atoms with van der Waals surface area (Å²) in [7, 11) is 0. The van der Waals surface area contributed by atoms with Gasteiger partial charge in [-0.15, -0.1) is 0 Å². The molecular formula is C22H24N4O. The van der Waals surface area contributed by atoms with Gasteiger partial charge >= 0.3 is 0 Å². The second-order valence-corrected chi connectivity index (χ2v) is 7.60. The lowest BCUT2D eigenvalue weighted by molar-refractivity contribution is 0.432. The molecular weight excluding hydrogens is 336 g/mol. The van der Waals surface area contributed by atoms with Crippen LogP contribution in [0.2, 0.25) is 0 Å². The Balaban J connectivity index is 1.39. The van der Waals surface area contributed by atoms with Gasteiger partial charge in [0.1, 0.15) is 5.82 Å². The third-order valence-electron chi connectivity index (χ3n) is 5.84. The third kappa shape index (κ3) is 3.22. The van der Waals surface area contributed by atoms with Crippen molar-refractivity contribution in [2.45, 2.75) is 44.4 Å². The SMILES string of the molecule is c1cnc(N2CCC2)c(-c2noc(-c3ccc(C4CCCCC4)cc3)n2)c1. The van der Waals surface area contributed by atoms with E-state index in [2.05, 4.69) is 44.3 Å². The number of nitrogens with zero attached hydrogens (tertiary/aromatic N) is 4. The standard InChI is InChI=1S/C22H24N4O/c1-2-6-16(7-3-1)17-9-11-18(12-10-17)22-24-20(25-27-22)19-8-4-13-23-21(19)26-14-5-15-26/h4,8-13,16H,1-3,5-7,14-15H2. The van der Waals surface area contributed by atoms with Gasteiger partial charge in [0.05, 0.1) is 5.56 Å². The number of rotatable bonds is 4. The van der Waals surface area contributed by atoms with E-state index in [1.54, 1.807) is 0 Å². The Hall–Kier alpha value is -2.69. The molecule has 0 amide bonds. The third-order valence-corrected chi connectivity index (χ3v) is 5.84. The maximum absolute atomic E-state index is 5.57. The van der Waals surface area contributed by atoms with Crippen LogP contribution in [0.1, 0.15) is 50.0 Å². The molecule has 0 atom stereocenters. The smallest absolute Gasteiger partial charge is 0.258 e. The van der Waals surface area contributed by atoms with E-state index in [-0.39, 0.29) is 0 Å². The number of hydrogen-bond donors (Lipinski definition) is 0. The van der Waals surface area contributed by atoms with E-state index in [9.17, 15) is 0 Å². The molecule has 1 aromatic carbocycles. The maximum atomic E-state index is 5.57. The van der Waals surface area contributed by atoms with Crippen molar-refractivity contribution < 1.29 is 4.52 Å². The van der Waals surface area contributed by atoms with Crippen LogP contribution >= 0.6 is 0 Å². The zero-order valence-corrected chi connectivity index (χ0v) is 15.5. The van der Waals surface area contributed by atoms with Crippen molar-refractivity contribution in [2.24, 2.45) is 0 Å². The Morgan fingerprint density at radius 1 is 0.926 bits per heavy atom. The van der Waals surface area contributed by atoms with Gasteiger partial charge in [0.15, 0.2) is 0 Å². The Labute approximate surface area is 159 Å². The number of anilines is 1. The van der Waals surface area contributed by atoms with Crippen LogP contribution in [0.15, 0.2) is 47.1 Å². The first-order valence-corrected chi connectivity index (χ1v) is 10.0. The molecule has 2 aliphatic rings. The fourth-order valence-electron chi connectivity index (χ4n) is 4.14. The van der Waals surface area contributed by atoms with Crippen molar-refractivity contribution >= 4 is 5.82 Å². The van der Waals surface area contributed by atoms with E-state index in [1.807, 2.05) is 18.3 Å². The molecule has 1 saturated carbocycles. The first-order valence-electron chi connectivity index (χ1n) is 10.0. The van der Waals surface area contributed by atoms with Crippen LogP contribution in [0, 0.1) is 0 Å². The average Bonchev–Trinajstić information content (AvgIpc) is 3.18. The number of aromatic nitrogens is 3. The fraction of sp³-hybridized carbons (Fsp3) is 0.409. The van der Waals surface area contributed by atoms with Gasteiger partial charge < -0.3 is 9.42 Å². The van der Waals surface area contributed by atoms with Crippen LogP contribution in [0.5, 0.6) is 0 Å². The summed E-state index contributed by atoms with van der Waals surface area (Å²) >= 11 is 0. The molecule has 0 spiro atoms. The van der Waals surface area contributed by atoms with Gasteiger partial charge in [0.25, 0.3) is 5.89 Å². The lowest BCUT2D eigenvalue weighted by Gasteiger charge is -2.32. The summed E-state index contributed by atoms with van der Waals surface area (Å²) in [5, 5.41) is 4.22. The van der Waals surface area contributed by atoms with E-state index in [4.69, 9.17) is 4.52 Å². The highest BCUT2D eigenvalue weighted by molar-refractivity contribution is 5.72. The lowest BCUT2D eigenvalue weighted by Crippen LogP contribution is -2.38. The Bertz CT molecular complexity index is 908. The second-order valence-electron chi connectivity index (χ2n) is 7.60.